The number of rotatable bonds is 15. The molecule has 228 valence electrons. The van der Waals surface area contributed by atoms with Crippen molar-refractivity contribution in [2.75, 3.05) is 57.5 Å². The molecule has 0 aromatic heterocycles. The van der Waals surface area contributed by atoms with Gasteiger partial charge < -0.3 is 30.9 Å². The molecular weight excluding hydrogens is 533 g/mol. The number of unbranched alkanes of at least 4 members (excludes halogenated alkanes) is 2. The van der Waals surface area contributed by atoms with Gasteiger partial charge in [-0.25, -0.2) is 10.6 Å². The molecule has 0 bridgehead atoms. The molecule has 2 rings (SSSR count). The number of anilines is 1. The van der Waals surface area contributed by atoms with Crippen molar-refractivity contribution in [2.24, 2.45) is 11.6 Å². The number of hydrazine groups is 1. The van der Waals surface area contributed by atoms with Gasteiger partial charge in [0.2, 0.25) is 0 Å². The Balaban J connectivity index is 2.11. The Bertz CT molecular complexity index is 1070. The minimum absolute atomic E-state index is 0.118. The number of aliphatic carboxylic acids is 1. The highest BCUT2D eigenvalue weighted by Crippen LogP contribution is 2.22. The highest BCUT2D eigenvalue weighted by molar-refractivity contribution is 6.01. The summed E-state index contributed by atoms with van der Waals surface area (Å²) in [6, 6.07) is 4.52. The van der Waals surface area contributed by atoms with Crippen LogP contribution in [0.15, 0.2) is 30.1 Å². The molecule has 1 aliphatic heterocycles. The molecule has 0 spiro atoms. The van der Waals surface area contributed by atoms with Crippen LogP contribution in [0.1, 0.15) is 73.1 Å². The van der Waals surface area contributed by atoms with Gasteiger partial charge in [0.15, 0.2) is 0 Å². The van der Waals surface area contributed by atoms with Crippen molar-refractivity contribution in [3.63, 3.8) is 0 Å². The second-order valence-corrected chi connectivity index (χ2v) is 9.87. The van der Waals surface area contributed by atoms with Crippen LogP contribution in [-0.2, 0) is 4.79 Å². The molecule has 1 fully saturated rings. The number of urea groups is 1. The molecule has 1 aromatic rings. The lowest BCUT2D eigenvalue weighted by atomic mass is 10.1. The van der Waals surface area contributed by atoms with Crippen molar-refractivity contribution in [3.8, 4) is 0 Å². The van der Waals surface area contributed by atoms with E-state index in [0.717, 1.165) is 0 Å². The summed E-state index contributed by atoms with van der Waals surface area (Å²) in [6.45, 7) is 6.01. The summed E-state index contributed by atoms with van der Waals surface area (Å²) < 4.78 is 12.5. The lowest BCUT2D eigenvalue weighted by Crippen LogP contribution is -2.53. The standard InChI is InChI=1S/C28H44FN7O5/c1-3-33(4-2)26(39)21-17-22(19-24(18-21)36(31)20-23(30)9-8-11-29)27(40)34-13-15-35(16-14-34)28(41)32-12-7-5-6-10-25(37)38/h17-20H,3-16,30-31H2,1-2H3,(H,32,41)(H,37,38)/b23-20-. The van der Waals surface area contributed by atoms with Gasteiger partial charge >= 0.3 is 12.0 Å². The third-order valence-corrected chi connectivity index (χ3v) is 6.86. The summed E-state index contributed by atoms with van der Waals surface area (Å²) in [5, 5.41) is 12.8. The monoisotopic (exact) mass is 577 g/mol. The number of allylic oxidation sites excluding steroid dienone is 1. The van der Waals surface area contributed by atoms with Crippen molar-refractivity contribution in [2.45, 2.75) is 52.4 Å². The Kier molecular flexibility index (Phi) is 13.9. The number of nitrogens with one attached hydrogen (secondary N) is 1. The second-order valence-electron chi connectivity index (χ2n) is 9.87. The van der Waals surface area contributed by atoms with E-state index in [1.807, 2.05) is 13.8 Å². The van der Waals surface area contributed by atoms with Crippen LogP contribution in [0.3, 0.4) is 0 Å². The summed E-state index contributed by atoms with van der Waals surface area (Å²) in [7, 11) is 0. The number of carbonyl (C=O) groups is 4. The Labute approximate surface area is 241 Å². The van der Waals surface area contributed by atoms with Crippen molar-refractivity contribution >= 4 is 29.5 Å². The average molecular weight is 578 g/mol. The Morgan fingerprint density at radius 3 is 2.20 bits per heavy atom. The van der Waals surface area contributed by atoms with E-state index in [9.17, 15) is 23.6 Å². The first kappa shape index (κ1) is 33.3. The smallest absolute Gasteiger partial charge is 0.317 e. The average Bonchev–Trinajstić information content (AvgIpc) is 2.97. The third kappa shape index (κ3) is 10.6. The van der Waals surface area contributed by atoms with Gasteiger partial charge in [-0.1, -0.05) is 6.42 Å². The molecule has 0 aliphatic carbocycles. The largest absolute Gasteiger partial charge is 0.481 e. The molecule has 0 unspecified atom stereocenters. The first-order chi connectivity index (χ1) is 19.6. The zero-order valence-corrected chi connectivity index (χ0v) is 24.1. The van der Waals surface area contributed by atoms with Gasteiger partial charge in [0.1, 0.15) is 0 Å². The van der Waals surface area contributed by atoms with E-state index in [2.05, 4.69) is 5.32 Å². The maximum atomic E-state index is 13.5. The van der Waals surface area contributed by atoms with Gasteiger partial charge in [-0.05, 0) is 57.7 Å². The van der Waals surface area contributed by atoms with Crippen LogP contribution >= 0.6 is 0 Å². The van der Waals surface area contributed by atoms with Crippen molar-refractivity contribution in [3.05, 3.63) is 41.2 Å². The maximum Gasteiger partial charge on any atom is 0.317 e. The first-order valence-electron chi connectivity index (χ1n) is 14.1. The van der Waals surface area contributed by atoms with E-state index in [-0.39, 0.29) is 36.3 Å². The number of hydrogen-bond donors (Lipinski definition) is 4. The van der Waals surface area contributed by atoms with Crippen molar-refractivity contribution in [1.29, 1.82) is 0 Å². The number of halogens is 1. The molecule has 13 heteroatoms. The molecule has 1 saturated heterocycles. The molecular formula is C28H44FN7O5. The summed E-state index contributed by atoms with van der Waals surface area (Å²) in [6.07, 6.45) is 4.12. The molecule has 12 nitrogen and oxygen atoms in total. The fraction of sp³-hybridized carbons (Fsp3) is 0.571. The SMILES string of the molecule is CCN(CC)C(=O)c1cc(C(=O)N2CCN(C(=O)NCCCCCC(=O)O)CC2)cc(N(N)/C=C(\N)CCCF)c1. The molecule has 4 amide bonds. The van der Waals surface area contributed by atoms with E-state index >= 15 is 0 Å². The summed E-state index contributed by atoms with van der Waals surface area (Å²) in [5.41, 5.74) is 7.31. The lowest BCUT2D eigenvalue weighted by Gasteiger charge is -2.35. The Morgan fingerprint density at radius 2 is 1.59 bits per heavy atom. The quantitative estimate of drug-likeness (QED) is 0.140. The van der Waals surface area contributed by atoms with Crippen molar-refractivity contribution < 1.29 is 28.7 Å². The normalized spacial score (nSPS) is 13.6. The molecule has 0 atom stereocenters. The summed E-state index contributed by atoms with van der Waals surface area (Å²) in [5.74, 6) is 4.86. The van der Waals surface area contributed by atoms with Crippen LogP contribution in [0.25, 0.3) is 0 Å². The minimum atomic E-state index is -0.827. The molecule has 0 saturated carbocycles. The third-order valence-electron chi connectivity index (χ3n) is 6.86. The van der Waals surface area contributed by atoms with Crippen LogP contribution < -0.4 is 21.9 Å². The van der Waals surface area contributed by atoms with Gasteiger partial charge in [0.25, 0.3) is 11.8 Å². The molecule has 1 heterocycles. The Morgan fingerprint density at radius 1 is 0.951 bits per heavy atom. The number of carboxylic acid groups (broad SMARTS) is 1. The number of carbonyl (C=O) groups excluding carboxylic acids is 3. The van der Waals surface area contributed by atoms with Gasteiger partial charge in [-0.3, -0.25) is 23.8 Å². The number of piperazine rings is 1. The summed E-state index contributed by atoms with van der Waals surface area (Å²) in [4.78, 5) is 54.7. The predicted molar refractivity (Wildman–Crippen MR) is 155 cm³/mol. The molecule has 0 radical (unpaired) electrons. The fourth-order valence-corrected chi connectivity index (χ4v) is 4.47. The van der Waals surface area contributed by atoms with Crippen LogP contribution in [0, 0.1) is 0 Å². The number of carboxylic acids is 1. The van der Waals surface area contributed by atoms with E-state index in [1.165, 1.54) is 11.2 Å². The van der Waals surface area contributed by atoms with Crippen molar-refractivity contribution in [1.82, 2.24) is 20.0 Å². The topological polar surface area (TPSA) is 166 Å². The zero-order valence-electron chi connectivity index (χ0n) is 24.1. The number of alkyl halides is 1. The van der Waals surface area contributed by atoms with Crippen LogP contribution in [0.5, 0.6) is 0 Å². The molecule has 1 aromatic carbocycles. The number of hydrogen-bond acceptors (Lipinski definition) is 7. The van der Waals surface area contributed by atoms with E-state index in [1.54, 1.807) is 32.9 Å². The lowest BCUT2D eigenvalue weighted by molar-refractivity contribution is -0.137. The van der Waals surface area contributed by atoms with Gasteiger partial charge in [0.05, 0.1) is 12.4 Å². The number of benzene rings is 1. The number of nitrogens with zero attached hydrogens (tertiary/aromatic N) is 4. The zero-order chi connectivity index (χ0) is 30.4. The minimum Gasteiger partial charge on any atom is -0.481 e. The maximum absolute atomic E-state index is 13.5. The number of amides is 4. The van der Waals surface area contributed by atoms with Gasteiger partial charge in [0, 0.05) is 75.3 Å². The molecule has 1 aliphatic rings. The first-order valence-corrected chi connectivity index (χ1v) is 14.1. The molecule has 6 N–H and O–H groups in total. The highest BCUT2D eigenvalue weighted by atomic mass is 19.1. The Hall–Kier alpha value is -3.87. The second kappa shape index (κ2) is 17.1. The van der Waals surface area contributed by atoms with Crippen LogP contribution in [0.4, 0.5) is 14.9 Å². The highest BCUT2D eigenvalue weighted by Gasteiger charge is 2.26. The van der Waals surface area contributed by atoms with Gasteiger partial charge in [-0.15, -0.1) is 0 Å². The summed E-state index contributed by atoms with van der Waals surface area (Å²) >= 11 is 0. The van der Waals surface area contributed by atoms with Crippen LogP contribution in [0.2, 0.25) is 0 Å². The molecule has 41 heavy (non-hydrogen) atoms. The fourth-order valence-electron chi connectivity index (χ4n) is 4.47. The van der Waals surface area contributed by atoms with E-state index in [4.69, 9.17) is 16.7 Å². The van der Waals surface area contributed by atoms with Gasteiger partial charge in [-0.2, -0.15) is 0 Å². The van der Waals surface area contributed by atoms with E-state index in [0.29, 0.717) is 88.4 Å². The van der Waals surface area contributed by atoms with E-state index < -0.39 is 12.6 Å². The number of nitrogens with two attached hydrogens (primary N) is 2. The predicted octanol–water partition coefficient (Wildman–Crippen LogP) is 2.51. The van der Waals surface area contributed by atoms with Crippen LogP contribution in [-0.4, -0.2) is 96.1 Å².